The Morgan fingerprint density at radius 3 is 2.82 bits per heavy atom. The van der Waals surface area contributed by atoms with E-state index in [1.54, 1.807) is 24.9 Å². The monoisotopic (exact) mass is 317 g/mol. The van der Waals surface area contributed by atoms with Crippen molar-refractivity contribution in [3.05, 3.63) is 59.4 Å². The van der Waals surface area contributed by atoms with Crippen LogP contribution in [0.5, 0.6) is 11.5 Å². The summed E-state index contributed by atoms with van der Waals surface area (Å²) in [6, 6.07) is 12.1. The molecular weight excluding hydrogens is 301 g/mol. The van der Waals surface area contributed by atoms with Crippen LogP contribution in [0.3, 0.4) is 0 Å². The third kappa shape index (κ3) is 3.42. The van der Waals surface area contributed by atoms with Crippen molar-refractivity contribution in [1.82, 2.24) is 0 Å². The van der Waals surface area contributed by atoms with Crippen LogP contribution in [-0.2, 0) is 6.61 Å². The van der Waals surface area contributed by atoms with Gasteiger partial charge in [-0.25, -0.2) is 4.39 Å². The van der Waals surface area contributed by atoms with Crippen LogP contribution >= 0.6 is 11.8 Å². The number of aliphatic imine (C=N–C) groups is 1. The summed E-state index contributed by atoms with van der Waals surface area (Å²) in [5.74, 6) is 2.05. The zero-order valence-corrected chi connectivity index (χ0v) is 13.0. The highest BCUT2D eigenvalue weighted by atomic mass is 32.2. The molecule has 0 saturated carbocycles. The minimum absolute atomic E-state index is 0.264. The number of benzene rings is 2. The van der Waals surface area contributed by atoms with Crippen LogP contribution in [0.25, 0.3) is 0 Å². The van der Waals surface area contributed by atoms with Crippen LogP contribution in [0, 0.1) is 5.82 Å². The van der Waals surface area contributed by atoms with Gasteiger partial charge in [0.2, 0.25) is 0 Å². The summed E-state index contributed by atoms with van der Waals surface area (Å²) in [5, 5.41) is 1.04. The summed E-state index contributed by atoms with van der Waals surface area (Å²) in [5.41, 5.74) is 1.82. The first-order valence-electron chi connectivity index (χ1n) is 6.99. The van der Waals surface area contributed by atoms with Gasteiger partial charge in [0.1, 0.15) is 12.4 Å². The highest BCUT2D eigenvalue weighted by Gasteiger charge is 2.13. The molecule has 0 N–H and O–H groups in total. The van der Waals surface area contributed by atoms with Crippen LogP contribution in [0.15, 0.2) is 47.5 Å². The molecular formula is C17H16FNO2S. The third-order valence-electron chi connectivity index (χ3n) is 3.28. The first kappa shape index (κ1) is 14.9. The Hall–Kier alpha value is -2.01. The first-order valence-corrected chi connectivity index (χ1v) is 7.98. The number of nitrogens with zero attached hydrogens (tertiary/aromatic N) is 1. The molecule has 0 spiro atoms. The number of methoxy groups -OCH3 is 1. The van der Waals surface area contributed by atoms with E-state index in [9.17, 15) is 4.39 Å². The Morgan fingerprint density at radius 2 is 2.09 bits per heavy atom. The van der Waals surface area contributed by atoms with Crippen LogP contribution in [0.2, 0.25) is 0 Å². The fourth-order valence-electron chi connectivity index (χ4n) is 2.22. The summed E-state index contributed by atoms with van der Waals surface area (Å²) in [4.78, 5) is 4.46. The second-order valence-corrected chi connectivity index (χ2v) is 5.90. The molecule has 1 aliphatic rings. The van der Waals surface area contributed by atoms with E-state index in [0.717, 1.165) is 28.5 Å². The molecule has 3 nitrogen and oxygen atoms in total. The molecule has 0 radical (unpaired) electrons. The number of ether oxygens (including phenoxy) is 2. The summed E-state index contributed by atoms with van der Waals surface area (Å²) in [6.45, 7) is 1.16. The lowest BCUT2D eigenvalue weighted by molar-refractivity contribution is 0.284. The molecule has 2 aromatic carbocycles. The molecule has 0 bridgehead atoms. The van der Waals surface area contributed by atoms with E-state index in [1.165, 1.54) is 12.1 Å². The Bertz CT molecular complexity index is 703. The average molecular weight is 317 g/mol. The number of rotatable bonds is 5. The lowest BCUT2D eigenvalue weighted by Crippen LogP contribution is -2.00. The summed E-state index contributed by atoms with van der Waals surface area (Å²) >= 11 is 1.74. The SMILES string of the molecule is COc1cc(C2=NCCS2)ccc1OCc1cccc(F)c1. The molecule has 5 heteroatoms. The number of hydrogen-bond acceptors (Lipinski definition) is 4. The maximum atomic E-state index is 13.2. The van der Waals surface area contributed by atoms with E-state index in [0.29, 0.717) is 18.1 Å². The van der Waals surface area contributed by atoms with Gasteiger partial charge in [0.15, 0.2) is 11.5 Å². The molecule has 0 aromatic heterocycles. The van der Waals surface area contributed by atoms with Crippen LogP contribution < -0.4 is 9.47 Å². The van der Waals surface area contributed by atoms with Gasteiger partial charge in [-0.1, -0.05) is 12.1 Å². The third-order valence-corrected chi connectivity index (χ3v) is 4.30. The molecule has 1 heterocycles. The molecule has 0 atom stereocenters. The number of thioether (sulfide) groups is 1. The molecule has 0 aliphatic carbocycles. The highest BCUT2D eigenvalue weighted by Crippen LogP contribution is 2.31. The van der Waals surface area contributed by atoms with Gasteiger partial charge >= 0.3 is 0 Å². The normalized spacial score (nSPS) is 13.8. The van der Waals surface area contributed by atoms with Crippen molar-refractivity contribution < 1.29 is 13.9 Å². The summed E-state index contributed by atoms with van der Waals surface area (Å²) < 4.78 is 24.3. The van der Waals surface area contributed by atoms with Crippen molar-refractivity contribution in [2.75, 3.05) is 19.4 Å². The van der Waals surface area contributed by atoms with Gasteiger partial charge < -0.3 is 9.47 Å². The van der Waals surface area contributed by atoms with E-state index >= 15 is 0 Å². The second kappa shape index (κ2) is 6.83. The maximum Gasteiger partial charge on any atom is 0.161 e. The van der Waals surface area contributed by atoms with Gasteiger partial charge in [0.25, 0.3) is 0 Å². The van der Waals surface area contributed by atoms with Gasteiger partial charge in [-0.2, -0.15) is 0 Å². The highest BCUT2D eigenvalue weighted by molar-refractivity contribution is 8.14. The van der Waals surface area contributed by atoms with Crippen molar-refractivity contribution in [3.63, 3.8) is 0 Å². The molecule has 22 heavy (non-hydrogen) atoms. The Balaban J connectivity index is 1.75. The van der Waals surface area contributed by atoms with Crippen molar-refractivity contribution >= 4 is 16.8 Å². The topological polar surface area (TPSA) is 30.8 Å². The smallest absolute Gasteiger partial charge is 0.161 e. The fraction of sp³-hybridized carbons (Fsp3) is 0.235. The number of hydrogen-bond donors (Lipinski definition) is 0. The molecule has 3 rings (SSSR count). The Morgan fingerprint density at radius 1 is 1.18 bits per heavy atom. The average Bonchev–Trinajstić information content (AvgIpc) is 3.07. The van der Waals surface area contributed by atoms with E-state index < -0.39 is 0 Å². The molecule has 2 aromatic rings. The van der Waals surface area contributed by atoms with Crippen molar-refractivity contribution in [2.45, 2.75) is 6.61 Å². The molecule has 1 aliphatic heterocycles. The Kier molecular flexibility index (Phi) is 4.63. The van der Waals surface area contributed by atoms with E-state index in [2.05, 4.69) is 4.99 Å². The van der Waals surface area contributed by atoms with E-state index in [-0.39, 0.29) is 5.82 Å². The maximum absolute atomic E-state index is 13.2. The van der Waals surface area contributed by atoms with Gasteiger partial charge in [0.05, 0.1) is 12.2 Å². The lowest BCUT2D eigenvalue weighted by atomic mass is 10.2. The van der Waals surface area contributed by atoms with Crippen molar-refractivity contribution in [3.8, 4) is 11.5 Å². The van der Waals surface area contributed by atoms with Gasteiger partial charge in [0, 0.05) is 17.9 Å². The summed E-state index contributed by atoms with van der Waals surface area (Å²) in [6.07, 6.45) is 0. The largest absolute Gasteiger partial charge is 0.493 e. The second-order valence-electron chi connectivity index (χ2n) is 4.82. The van der Waals surface area contributed by atoms with Gasteiger partial charge in [-0.3, -0.25) is 4.99 Å². The standard InChI is InChI=1S/C17H16FNO2S/c1-20-16-10-13(17-19-7-8-22-17)5-6-15(16)21-11-12-3-2-4-14(18)9-12/h2-6,9-10H,7-8,11H2,1H3. The minimum atomic E-state index is -0.264. The lowest BCUT2D eigenvalue weighted by Gasteiger charge is -2.12. The minimum Gasteiger partial charge on any atom is -0.493 e. The first-order chi connectivity index (χ1) is 10.8. The summed E-state index contributed by atoms with van der Waals surface area (Å²) in [7, 11) is 1.61. The molecule has 0 unspecified atom stereocenters. The van der Waals surface area contributed by atoms with E-state index in [4.69, 9.17) is 9.47 Å². The zero-order valence-electron chi connectivity index (χ0n) is 12.2. The van der Waals surface area contributed by atoms with Crippen molar-refractivity contribution in [1.29, 1.82) is 0 Å². The number of halogens is 1. The van der Waals surface area contributed by atoms with Crippen molar-refractivity contribution in [2.24, 2.45) is 4.99 Å². The van der Waals surface area contributed by atoms with Crippen LogP contribution in [0.4, 0.5) is 4.39 Å². The zero-order chi connectivity index (χ0) is 15.4. The molecule has 0 saturated heterocycles. The quantitative estimate of drug-likeness (QED) is 0.838. The van der Waals surface area contributed by atoms with Gasteiger partial charge in [-0.15, -0.1) is 11.8 Å². The van der Waals surface area contributed by atoms with Crippen LogP contribution in [-0.4, -0.2) is 24.5 Å². The van der Waals surface area contributed by atoms with Gasteiger partial charge in [-0.05, 0) is 35.9 Å². The molecule has 0 fully saturated rings. The van der Waals surface area contributed by atoms with Crippen LogP contribution in [0.1, 0.15) is 11.1 Å². The molecule has 0 amide bonds. The predicted octanol–water partition coefficient (Wildman–Crippen LogP) is 3.91. The predicted molar refractivity (Wildman–Crippen MR) is 87.6 cm³/mol. The fourth-order valence-corrected chi connectivity index (χ4v) is 3.07. The molecule has 114 valence electrons. The van der Waals surface area contributed by atoms with E-state index in [1.807, 2.05) is 24.3 Å². The Labute approximate surface area is 133 Å².